The van der Waals surface area contributed by atoms with E-state index < -0.39 is 5.76 Å². The molecular weight excluding hydrogens is 230 g/mol. The molecule has 0 fully saturated rings. The van der Waals surface area contributed by atoms with E-state index in [1.807, 2.05) is 36.7 Å². The number of aromatic nitrogens is 2. The third kappa shape index (κ3) is 1.74. The van der Waals surface area contributed by atoms with Crippen LogP contribution in [0.4, 0.5) is 0 Å². The number of H-pyrrole nitrogens is 2. The fourth-order valence-electron chi connectivity index (χ4n) is 2.20. The van der Waals surface area contributed by atoms with Crippen molar-refractivity contribution in [2.45, 2.75) is 5.92 Å². The predicted molar refractivity (Wildman–Crippen MR) is 68.5 cm³/mol. The number of hydrogen-bond acceptors (Lipinski definition) is 3. The van der Waals surface area contributed by atoms with Gasteiger partial charge in [-0.2, -0.15) is 0 Å². The number of nitrogens with one attached hydrogen (secondary N) is 2. The van der Waals surface area contributed by atoms with Gasteiger partial charge in [0, 0.05) is 24.9 Å². The lowest BCUT2D eigenvalue weighted by atomic mass is 9.93. The van der Waals surface area contributed by atoms with Crippen LogP contribution in [0.5, 0.6) is 0 Å². The van der Waals surface area contributed by atoms with E-state index in [1.165, 1.54) is 0 Å². The smallest absolute Gasteiger partial charge is 0.408 e. The lowest BCUT2D eigenvalue weighted by molar-refractivity contribution is 0.555. The van der Waals surface area contributed by atoms with E-state index in [4.69, 9.17) is 10.2 Å². The molecule has 2 aromatic heterocycles. The molecule has 0 aliphatic heterocycles. The minimum absolute atomic E-state index is 0.0980. The highest BCUT2D eigenvalue weighted by Gasteiger charge is 2.14. The van der Waals surface area contributed by atoms with Gasteiger partial charge < -0.3 is 15.1 Å². The Balaban J connectivity index is 2.09. The summed E-state index contributed by atoms with van der Waals surface area (Å²) in [6.45, 7) is 0.498. The molecule has 0 aliphatic carbocycles. The molecule has 0 aliphatic rings. The van der Waals surface area contributed by atoms with Crippen LogP contribution in [0.1, 0.15) is 17.0 Å². The van der Waals surface area contributed by atoms with E-state index in [0.717, 1.165) is 11.1 Å². The van der Waals surface area contributed by atoms with Crippen molar-refractivity contribution >= 4 is 11.1 Å². The fraction of sp³-hybridized carbons (Fsp3) is 0.154. The molecule has 1 atom stereocenters. The number of aromatic amines is 2. The summed E-state index contributed by atoms with van der Waals surface area (Å²) in [6, 6.07) is 7.65. The normalized spacial score (nSPS) is 12.9. The van der Waals surface area contributed by atoms with Crippen molar-refractivity contribution in [3.8, 4) is 0 Å². The number of oxazole rings is 1. The van der Waals surface area contributed by atoms with Gasteiger partial charge >= 0.3 is 5.76 Å². The summed E-state index contributed by atoms with van der Waals surface area (Å²) in [5, 5.41) is 0. The molecule has 0 radical (unpaired) electrons. The van der Waals surface area contributed by atoms with Crippen molar-refractivity contribution in [1.82, 2.24) is 9.97 Å². The first-order valence-corrected chi connectivity index (χ1v) is 5.73. The van der Waals surface area contributed by atoms with Crippen molar-refractivity contribution in [1.29, 1.82) is 0 Å². The Labute approximate surface area is 103 Å². The lowest BCUT2D eigenvalue weighted by Crippen LogP contribution is -2.13. The van der Waals surface area contributed by atoms with E-state index >= 15 is 0 Å². The Morgan fingerprint density at radius 2 is 2.17 bits per heavy atom. The highest BCUT2D eigenvalue weighted by atomic mass is 16.4. The molecule has 0 amide bonds. The first-order chi connectivity index (χ1) is 8.78. The predicted octanol–water partition coefficient (Wildman–Crippen LogP) is 1.54. The summed E-state index contributed by atoms with van der Waals surface area (Å²) >= 11 is 0. The van der Waals surface area contributed by atoms with Crippen LogP contribution < -0.4 is 11.5 Å². The van der Waals surface area contributed by atoms with Crippen LogP contribution >= 0.6 is 0 Å². The molecule has 1 aromatic carbocycles. The summed E-state index contributed by atoms with van der Waals surface area (Å²) in [7, 11) is 0. The maximum atomic E-state index is 11.1. The molecule has 92 valence electrons. The minimum atomic E-state index is -0.437. The first-order valence-electron chi connectivity index (χ1n) is 5.73. The Morgan fingerprint density at radius 3 is 2.89 bits per heavy atom. The molecule has 0 saturated heterocycles. The Hall–Kier alpha value is -2.27. The Bertz CT molecular complexity index is 709. The largest absolute Gasteiger partial charge is 0.417 e. The van der Waals surface area contributed by atoms with Crippen molar-refractivity contribution in [2.75, 3.05) is 6.54 Å². The highest BCUT2D eigenvalue weighted by molar-refractivity contribution is 5.73. The summed E-state index contributed by atoms with van der Waals surface area (Å²) in [4.78, 5) is 16.8. The van der Waals surface area contributed by atoms with Gasteiger partial charge in [0.1, 0.15) is 0 Å². The van der Waals surface area contributed by atoms with Crippen molar-refractivity contribution < 1.29 is 4.42 Å². The van der Waals surface area contributed by atoms with Gasteiger partial charge in [-0.25, -0.2) is 4.79 Å². The maximum Gasteiger partial charge on any atom is 0.417 e. The van der Waals surface area contributed by atoms with E-state index in [9.17, 15) is 4.79 Å². The number of benzene rings is 1. The molecule has 0 saturated carbocycles. The molecule has 3 rings (SSSR count). The van der Waals surface area contributed by atoms with E-state index in [0.29, 0.717) is 17.6 Å². The second-order valence-electron chi connectivity index (χ2n) is 4.20. The summed E-state index contributed by atoms with van der Waals surface area (Å²) in [5.41, 5.74) is 9.25. The SMILES string of the molecule is NCC(c1cc[nH]c1)c1ccc2[nH]c(=O)oc2c1. The average Bonchev–Trinajstić information content (AvgIpc) is 2.97. The Kier molecular flexibility index (Phi) is 2.53. The van der Waals surface area contributed by atoms with Crippen LogP contribution in [-0.2, 0) is 0 Å². The number of nitrogens with two attached hydrogens (primary N) is 1. The second-order valence-corrected chi connectivity index (χ2v) is 4.20. The third-order valence-electron chi connectivity index (χ3n) is 3.11. The van der Waals surface area contributed by atoms with Gasteiger partial charge in [0.05, 0.1) is 5.52 Å². The standard InChI is InChI=1S/C13H13N3O2/c14-6-10(9-3-4-15-7-9)8-1-2-11-12(5-8)18-13(17)16-11/h1-5,7,10,15H,6,14H2,(H,16,17). The quantitative estimate of drug-likeness (QED) is 0.652. The minimum Gasteiger partial charge on any atom is -0.408 e. The van der Waals surface area contributed by atoms with Crippen LogP contribution in [0.15, 0.2) is 45.9 Å². The van der Waals surface area contributed by atoms with Crippen molar-refractivity contribution in [3.63, 3.8) is 0 Å². The summed E-state index contributed by atoms with van der Waals surface area (Å²) in [6.07, 6.45) is 3.79. The van der Waals surface area contributed by atoms with E-state index in [2.05, 4.69) is 9.97 Å². The summed E-state index contributed by atoms with van der Waals surface area (Å²) in [5.74, 6) is -0.339. The zero-order valence-electron chi connectivity index (χ0n) is 9.64. The van der Waals surface area contributed by atoms with Crippen molar-refractivity contribution in [3.05, 3.63) is 58.3 Å². The van der Waals surface area contributed by atoms with E-state index in [-0.39, 0.29) is 5.92 Å². The molecule has 2 heterocycles. The molecular formula is C13H13N3O2. The Morgan fingerprint density at radius 1 is 1.28 bits per heavy atom. The van der Waals surface area contributed by atoms with Crippen LogP contribution in [0, 0.1) is 0 Å². The first kappa shape index (κ1) is 10.9. The zero-order valence-corrected chi connectivity index (χ0v) is 9.64. The molecule has 4 N–H and O–H groups in total. The monoisotopic (exact) mass is 243 g/mol. The van der Waals surface area contributed by atoms with Gasteiger partial charge in [-0.3, -0.25) is 4.98 Å². The maximum absolute atomic E-state index is 11.1. The van der Waals surface area contributed by atoms with Gasteiger partial charge in [-0.1, -0.05) is 6.07 Å². The van der Waals surface area contributed by atoms with Gasteiger partial charge in [-0.15, -0.1) is 0 Å². The molecule has 1 unspecified atom stereocenters. The fourth-order valence-corrected chi connectivity index (χ4v) is 2.20. The number of rotatable bonds is 3. The topological polar surface area (TPSA) is 87.8 Å². The molecule has 5 nitrogen and oxygen atoms in total. The van der Waals surface area contributed by atoms with Gasteiger partial charge in [0.15, 0.2) is 5.58 Å². The molecule has 18 heavy (non-hydrogen) atoms. The van der Waals surface area contributed by atoms with E-state index in [1.54, 1.807) is 0 Å². The molecule has 5 heteroatoms. The van der Waals surface area contributed by atoms with Crippen LogP contribution in [0.2, 0.25) is 0 Å². The van der Waals surface area contributed by atoms with Gasteiger partial charge in [0.25, 0.3) is 0 Å². The van der Waals surface area contributed by atoms with Gasteiger partial charge in [0.2, 0.25) is 0 Å². The zero-order chi connectivity index (χ0) is 12.5. The number of hydrogen-bond donors (Lipinski definition) is 3. The molecule has 0 bridgehead atoms. The van der Waals surface area contributed by atoms with Gasteiger partial charge in [-0.05, 0) is 29.3 Å². The summed E-state index contributed by atoms with van der Waals surface area (Å²) < 4.78 is 5.06. The molecule has 3 aromatic rings. The second kappa shape index (κ2) is 4.19. The lowest BCUT2D eigenvalue weighted by Gasteiger charge is -2.13. The third-order valence-corrected chi connectivity index (χ3v) is 3.11. The highest BCUT2D eigenvalue weighted by Crippen LogP contribution is 2.25. The van der Waals surface area contributed by atoms with Crippen molar-refractivity contribution in [2.24, 2.45) is 5.73 Å². The average molecular weight is 243 g/mol. The van der Waals surface area contributed by atoms with Crippen LogP contribution in [0.3, 0.4) is 0 Å². The molecule has 0 spiro atoms. The van der Waals surface area contributed by atoms with Crippen LogP contribution in [0.25, 0.3) is 11.1 Å². The van der Waals surface area contributed by atoms with Crippen LogP contribution in [-0.4, -0.2) is 16.5 Å². The number of fused-ring (bicyclic) bond motifs is 1.